The van der Waals surface area contributed by atoms with Crippen LogP contribution in [0.25, 0.3) is 0 Å². The molecule has 0 spiro atoms. The smallest absolute Gasteiger partial charge is 0.391 e. The van der Waals surface area contributed by atoms with Gasteiger partial charge in [0.05, 0.1) is 11.3 Å². The molecule has 2 aromatic rings. The molecule has 0 bridgehead atoms. The van der Waals surface area contributed by atoms with Crippen molar-refractivity contribution in [3.63, 3.8) is 0 Å². The Hall–Kier alpha value is -2.48. The van der Waals surface area contributed by atoms with E-state index in [0.29, 0.717) is 12.1 Å². The van der Waals surface area contributed by atoms with Crippen molar-refractivity contribution in [1.29, 1.82) is 0 Å². The van der Waals surface area contributed by atoms with E-state index in [-0.39, 0.29) is 32.9 Å². The highest BCUT2D eigenvalue weighted by Gasteiger charge is 2.50. The molecule has 4 nitrogen and oxygen atoms in total. The highest BCUT2D eigenvalue weighted by atomic mass is 79.9. The van der Waals surface area contributed by atoms with E-state index in [2.05, 4.69) is 26.4 Å². The van der Waals surface area contributed by atoms with Crippen LogP contribution in [-0.2, 0) is 22.4 Å². The molecule has 15 heteroatoms. The molecule has 1 heterocycles. The van der Waals surface area contributed by atoms with E-state index in [1.165, 1.54) is 18.2 Å². The molecule has 0 aromatic heterocycles. The van der Waals surface area contributed by atoms with E-state index in [4.69, 9.17) is 16.4 Å². The molecule has 0 saturated carbocycles. The first-order chi connectivity index (χ1) is 16.9. The Kier molecular flexibility index (Phi) is 8.42. The van der Waals surface area contributed by atoms with Gasteiger partial charge in [-0.25, -0.2) is 0 Å². The number of carbonyl (C=O) groups is 1. The van der Waals surface area contributed by atoms with Gasteiger partial charge in [-0.05, 0) is 35.4 Å². The summed E-state index contributed by atoms with van der Waals surface area (Å²) in [5.74, 6) is -3.71. The maximum Gasteiger partial charge on any atom is 0.416 e. The van der Waals surface area contributed by atoms with Crippen LogP contribution in [0, 0.1) is 0 Å². The predicted octanol–water partition coefficient (Wildman–Crippen LogP) is 7.53. The lowest BCUT2D eigenvalue weighted by Gasteiger charge is -2.25. The fourth-order valence-electron chi connectivity index (χ4n) is 3.62. The lowest BCUT2D eigenvalue weighted by atomic mass is 9.88. The van der Waals surface area contributed by atoms with Crippen molar-refractivity contribution < 1.29 is 49.1 Å². The second kappa shape index (κ2) is 10.7. The minimum absolute atomic E-state index is 0.00913. The van der Waals surface area contributed by atoms with Gasteiger partial charge in [0.1, 0.15) is 18.4 Å². The Morgan fingerprint density at radius 3 is 2.32 bits per heavy atom. The lowest BCUT2D eigenvalue weighted by molar-refractivity contribution is -0.176. The summed E-state index contributed by atoms with van der Waals surface area (Å²) >= 11 is 8.92. The van der Waals surface area contributed by atoms with Crippen molar-refractivity contribution in [2.75, 3.05) is 0 Å². The third kappa shape index (κ3) is 7.76. The van der Waals surface area contributed by atoms with Gasteiger partial charge in [-0.3, -0.25) is 4.79 Å². The predicted molar refractivity (Wildman–Crippen MR) is 118 cm³/mol. The summed E-state index contributed by atoms with van der Waals surface area (Å²) in [5, 5.41) is 5.70. The fourth-order valence-corrected chi connectivity index (χ4v) is 4.38. The van der Waals surface area contributed by atoms with Gasteiger partial charge in [0.15, 0.2) is 0 Å². The second-order valence-electron chi connectivity index (χ2n) is 8.05. The standard InChI is InChI=1S/C22H15BrClF9N2O2/c23-14-4-12(3-13(6-14)21(28,29)30)19(22(31,32)33)17-7-16(35-37-17)10-1-2-11(15(24)5-10)9-34-18(36)8-20(25,26)27/h1-6,17,19H,7-9H2,(H,34,36). The van der Waals surface area contributed by atoms with Crippen molar-refractivity contribution in [1.82, 2.24) is 5.32 Å². The van der Waals surface area contributed by atoms with E-state index in [9.17, 15) is 44.3 Å². The minimum Gasteiger partial charge on any atom is -0.391 e. The number of rotatable bonds is 6. The van der Waals surface area contributed by atoms with Gasteiger partial charge in [0.2, 0.25) is 5.91 Å². The molecule has 0 fully saturated rings. The highest BCUT2D eigenvalue weighted by Crippen LogP contribution is 2.44. The summed E-state index contributed by atoms with van der Waals surface area (Å²) in [6.07, 6.45) is -18.3. The van der Waals surface area contributed by atoms with Crippen LogP contribution >= 0.6 is 27.5 Å². The third-order valence-corrected chi connectivity index (χ3v) is 6.06. The molecule has 2 aromatic carbocycles. The molecular formula is C22H15BrClF9N2O2. The van der Waals surface area contributed by atoms with Crippen LogP contribution in [-0.4, -0.2) is 30.1 Å². The van der Waals surface area contributed by atoms with Crippen LogP contribution in [0.15, 0.2) is 46.0 Å². The number of alkyl halides is 9. The van der Waals surface area contributed by atoms with Gasteiger partial charge in [-0.15, -0.1) is 0 Å². The second-order valence-corrected chi connectivity index (χ2v) is 9.37. The van der Waals surface area contributed by atoms with E-state index in [1.807, 2.05) is 0 Å². The molecule has 1 aliphatic heterocycles. The summed E-state index contributed by atoms with van der Waals surface area (Å²) in [7, 11) is 0. The van der Waals surface area contributed by atoms with Gasteiger partial charge >= 0.3 is 18.5 Å². The third-order valence-electron chi connectivity index (χ3n) is 5.25. The number of oxime groups is 1. The fraction of sp³-hybridized carbons (Fsp3) is 0.364. The molecule has 37 heavy (non-hydrogen) atoms. The molecule has 0 aliphatic carbocycles. The normalized spacial score (nSPS) is 17.3. The number of carbonyl (C=O) groups excluding carboxylic acids is 1. The SMILES string of the molecule is O=C(CC(F)(F)F)NCc1ccc(C2=NOC(C(c3cc(Br)cc(C(F)(F)F)c3)C(F)(F)F)C2)cc1Cl. The number of hydrogen-bond donors (Lipinski definition) is 1. The van der Waals surface area contributed by atoms with Crippen molar-refractivity contribution >= 4 is 39.1 Å². The molecule has 2 unspecified atom stereocenters. The molecule has 1 N–H and O–H groups in total. The van der Waals surface area contributed by atoms with Gasteiger partial charge in [0, 0.05) is 28.0 Å². The van der Waals surface area contributed by atoms with Crippen molar-refractivity contribution in [2.45, 2.75) is 49.9 Å². The van der Waals surface area contributed by atoms with Crippen LogP contribution in [0.5, 0.6) is 0 Å². The van der Waals surface area contributed by atoms with E-state index in [1.54, 1.807) is 0 Å². The van der Waals surface area contributed by atoms with Crippen LogP contribution in [0.2, 0.25) is 5.02 Å². The molecule has 202 valence electrons. The maximum absolute atomic E-state index is 14.0. The van der Waals surface area contributed by atoms with Gasteiger partial charge < -0.3 is 10.2 Å². The number of hydrogen-bond acceptors (Lipinski definition) is 3. The largest absolute Gasteiger partial charge is 0.416 e. The van der Waals surface area contributed by atoms with E-state index < -0.39 is 60.4 Å². The van der Waals surface area contributed by atoms with Gasteiger partial charge in [-0.2, -0.15) is 39.5 Å². The Labute approximate surface area is 216 Å². The van der Waals surface area contributed by atoms with Crippen molar-refractivity contribution in [3.05, 3.63) is 68.1 Å². The Morgan fingerprint density at radius 1 is 1.08 bits per heavy atom. The number of halogens is 11. The Morgan fingerprint density at radius 2 is 1.76 bits per heavy atom. The van der Waals surface area contributed by atoms with E-state index in [0.717, 1.165) is 6.07 Å². The first kappa shape index (κ1) is 29.1. The van der Waals surface area contributed by atoms with Crippen LogP contribution in [0.1, 0.15) is 41.0 Å². The van der Waals surface area contributed by atoms with Gasteiger partial charge in [-0.1, -0.05) is 44.8 Å². The van der Waals surface area contributed by atoms with Crippen LogP contribution in [0.4, 0.5) is 39.5 Å². The number of nitrogens with zero attached hydrogens (tertiary/aromatic N) is 1. The summed E-state index contributed by atoms with van der Waals surface area (Å²) in [4.78, 5) is 16.3. The number of amides is 1. The summed E-state index contributed by atoms with van der Waals surface area (Å²) in [6.45, 7) is -0.333. The van der Waals surface area contributed by atoms with Crippen LogP contribution < -0.4 is 5.32 Å². The summed E-state index contributed by atoms with van der Waals surface area (Å²) < 4.78 is 118. The first-order valence-corrected chi connectivity index (χ1v) is 11.4. The van der Waals surface area contributed by atoms with E-state index >= 15 is 0 Å². The number of benzene rings is 2. The monoisotopic (exact) mass is 624 g/mol. The summed E-state index contributed by atoms with van der Waals surface area (Å²) in [5.41, 5.74) is -1.45. The number of nitrogens with one attached hydrogen (secondary N) is 1. The zero-order valence-corrected chi connectivity index (χ0v) is 20.5. The zero-order valence-electron chi connectivity index (χ0n) is 18.2. The maximum atomic E-state index is 14.0. The average molecular weight is 626 g/mol. The van der Waals surface area contributed by atoms with Crippen molar-refractivity contribution in [2.24, 2.45) is 5.16 Å². The van der Waals surface area contributed by atoms with Crippen LogP contribution in [0.3, 0.4) is 0 Å². The first-order valence-electron chi connectivity index (χ1n) is 10.2. The molecule has 2 atom stereocenters. The van der Waals surface area contributed by atoms with Crippen molar-refractivity contribution in [3.8, 4) is 0 Å². The minimum atomic E-state index is -4.98. The Balaban J connectivity index is 1.77. The molecule has 1 aliphatic rings. The topological polar surface area (TPSA) is 50.7 Å². The zero-order chi connectivity index (χ0) is 27.8. The Bertz CT molecular complexity index is 1200. The average Bonchev–Trinajstić information content (AvgIpc) is 3.19. The lowest BCUT2D eigenvalue weighted by Crippen LogP contribution is -2.32. The molecule has 0 radical (unpaired) electrons. The highest BCUT2D eigenvalue weighted by molar-refractivity contribution is 9.10. The molecule has 0 saturated heterocycles. The van der Waals surface area contributed by atoms with Gasteiger partial charge in [0.25, 0.3) is 0 Å². The molecule has 3 rings (SSSR count). The molecule has 1 amide bonds. The quantitative estimate of drug-likeness (QED) is 0.338. The summed E-state index contributed by atoms with van der Waals surface area (Å²) in [6, 6.07) is 5.97. The molecular weight excluding hydrogens is 611 g/mol.